The molecule has 5 nitrogen and oxygen atoms in total. The summed E-state index contributed by atoms with van der Waals surface area (Å²) in [6, 6.07) is 6.32. The molecule has 0 saturated heterocycles. The summed E-state index contributed by atoms with van der Waals surface area (Å²) in [5.41, 5.74) is 6.48. The first-order valence-corrected chi connectivity index (χ1v) is 6.40. The third-order valence-electron chi connectivity index (χ3n) is 3.36. The highest BCUT2D eigenvalue weighted by Crippen LogP contribution is 2.24. The largest absolute Gasteiger partial charge is 0.446 e. The van der Waals surface area contributed by atoms with Crippen molar-refractivity contribution in [3.05, 3.63) is 42.1 Å². The Hall–Kier alpha value is -2.37. The Bertz CT molecular complexity index is 654. The lowest BCUT2D eigenvalue weighted by Crippen LogP contribution is -2.30. The highest BCUT2D eigenvalue weighted by molar-refractivity contribution is 5.64. The molecule has 6 heteroatoms. The fourth-order valence-corrected chi connectivity index (χ4v) is 2.45. The van der Waals surface area contributed by atoms with E-state index in [0.717, 1.165) is 17.1 Å². The van der Waals surface area contributed by atoms with Gasteiger partial charge >= 0.3 is 6.09 Å². The number of aryl methyl sites for hydroxylation is 1. The van der Waals surface area contributed by atoms with E-state index in [-0.39, 0.29) is 11.9 Å². The highest BCUT2D eigenvalue weighted by Gasteiger charge is 2.23. The third kappa shape index (κ3) is 2.49. The normalized spacial score (nSPS) is 17.6. The number of benzene rings is 1. The number of imidazole rings is 1. The van der Waals surface area contributed by atoms with E-state index in [0.29, 0.717) is 19.4 Å². The van der Waals surface area contributed by atoms with Crippen molar-refractivity contribution in [2.24, 2.45) is 5.73 Å². The molecular weight excluding hydrogens is 261 g/mol. The summed E-state index contributed by atoms with van der Waals surface area (Å²) in [5, 5.41) is 0. The van der Waals surface area contributed by atoms with Gasteiger partial charge in [-0.1, -0.05) is 12.1 Å². The van der Waals surface area contributed by atoms with Crippen molar-refractivity contribution >= 4 is 6.09 Å². The van der Waals surface area contributed by atoms with Gasteiger partial charge in [0.15, 0.2) is 0 Å². The Labute approximate surface area is 115 Å². The number of carbonyl (C=O) groups excluding carboxylic acids is 1. The number of rotatable bonds is 2. The SMILES string of the molecule is NC(=O)OC1CCn2cc(-c3cccc(F)c3)nc2C1. The van der Waals surface area contributed by atoms with Gasteiger partial charge in [-0.3, -0.25) is 0 Å². The molecule has 1 aliphatic heterocycles. The lowest BCUT2D eigenvalue weighted by Gasteiger charge is -2.22. The summed E-state index contributed by atoms with van der Waals surface area (Å²) in [4.78, 5) is 15.3. The van der Waals surface area contributed by atoms with Crippen molar-refractivity contribution in [3.63, 3.8) is 0 Å². The van der Waals surface area contributed by atoms with Crippen LogP contribution in [0.2, 0.25) is 0 Å². The first kappa shape index (κ1) is 12.7. The first-order valence-electron chi connectivity index (χ1n) is 6.40. The van der Waals surface area contributed by atoms with Gasteiger partial charge in [-0.2, -0.15) is 0 Å². The second kappa shape index (κ2) is 4.96. The van der Waals surface area contributed by atoms with E-state index in [1.54, 1.807) is 6.07 Å². The van der Waals surface area contributed by atoms with Gasteiger partial charge in [0.05, 0.1) is 5.69 Å². The van der Waals surface area contributed by atoms with Gasteiger partial charge in [0.1, 0.15) is 17.7 Å². The van der Waals surface area contributed by atoms with Crippen LogP contribution in [0.25, 0.3) is 11.3 Å². The minimum atomic E-state index is -0.764. The van der Waals surface area contributed by atoms with Crippen LogP contribution < -0.4 is 5.73 Å². The Kier molecular flexibility index (Phi) is 3.14. The van der Waals surface area contributed by atoms with E-state index in [2.05, 4.69) is 4.98 Å². The average molecular weight is 275 g/mol. The summed E-state index contributed by atoms with van der Waals surface area (Å²) in [7, 11) is 0. The lowest BCUT2D eigenvalue weighted by molar-refractivity contribution is 0.0895. The molecule has 0 spiro atoms. The van der Waals surface area contributed by atoms with E-state index in [1.807, 2.05) is 16.8 Å². The Morgan fingerprint density at radius 3 is 3.10 bits per heavy atom. The van der Waals surface area contributed by atoms with Crippen LogP contribution in [0.5, 0.6) is 0 Å². The number of amides is 1. The van der Waals surface area contributed by atoms with Gasteiger partial charge in [0.25, 0.3) is 0 Å². The van der Waals surface area contributed by atoms with Crippen LogP contribution in [0.3, 0.4) is 0 Å². The molecule has 1 unspecified atom stereocenters. The second-order valence-corrected chi connectivity index (χ2v) is 4.80. The maximum Gasteiger partial charge on any atom is 0.404 e. The highest BCUT2D eigenvalue weighted by atomic mass is 19.1. The van der Waals surface area contributed by atoms with Gasteiger partial charge in [0, 0.05) is 31.1 Å². The van der Waals surface area contributed by atoms with E-state index in [1.165, 1.54) is 12.1 Å². The average Bonchev–Trinajstić information content (AvgIpc) is 2.81. The van der Waals surface area contributed by atoms with Gasteiger partial charge in [0.2, 0.25) is 0 Å². The quantitative estimate of drug-likeness (QED) is 0.912. The molecule has 0 bridgehead atoms. The monoisotopic (exact) mass is 275 g/mol. The van der Waals surface area contributed by atoms with Crippen LogP contribution >= 0.6 is 0 Å². The fourth-order valence-electron chi connectivity index (χ4n) is 2.45. The molecule has 0 radical (unpaired) electrons. The molecule has 1 aromatic heterocycles. The van der Waals surface area contributed by atoms with Gasteiger partial charge in [-0.15, -0.1) is 0 Å². The summed E-state index contributed by atoms with van der Waals surface area (Å²) in [6.45, 7) is 0.704. The summed E-state index contributed by atoms with van der Waals surface area (Å²) in [5.74, 6) is 0.533. The number of nitrogens with two attached hydrogens (primary N) is 1. The maximum absolute atomic E-state index is 13.2. The number of hydrogen-bond donors (Lipinski definition) is 1. The predicted molar refractivity (Wildman–Crippen MR) is 70.4 cm³/mol. The van der Waals surface area contributed by atoms with E-state index in [9.17, 15) is 9.18 Å². The number of ether oxygens (including phenoxy) is 1. The zero-order valence-corrected chi connectivity index (χ0v) is 10.8. The van der Waals surface area contributed by atoms with Crippen LogP contribution in [-0.4, -0.2) is 21.7 Å². The molecule has 1 amide bonds. The van der Waals surface area contributed by atoms with Gasteiger partial charge in [-0.25, -0.2) is 14.2 Å². The molecule has 0 fully saturated rings. The van der Waals surface area contributed by atoms with E-state index >= 15 is 0 Å². The van der Waals surface area contributed by atoms with Crippen molar-refractivity contribution < 1.29 is 13.9 Å². The topological polar surface area (TPSA) is 70.1 Å². The zero-order valence-electron chi connectivity index (χ0n) is 10.8. The minimum absolute atomic E-state index is 0.234. The van der Waals surface area contributed by atoms with Crippen molar-refractivity contribution in [1.82, 2.24) is 9.55 Å². The molecule has 1 aliphatic rings. The number of nitrogens with zero attached hydrogens (tertiary/aromatic N) is 2. The molecule has 2 N–H and O–H groups in total. The molecule has 1 aromatic carbocycles. The number of fused-ring (bicyclic) bond motifs is 1. The maximum atomic E-state index is 13.2. The molecular formula is C14H14FN3O2. The van der Waals surface area contributed by atoms with Crippen molar-refractivity contribution in [1.29, 1.82) is 0 Å². The number of hydrogen-bond acceptors (Lipinski definition) is 3. The Balaban J connectivity index is 1.85. The fraction of sp³-hybridized carbons (Fsp3) is 0.286. The number of carbonyl (C=O) groups is 1. The second-order valence-electron chi connectivity index (χ2n) is 4.80. The standard InChI is InChI=1S/C14H14FN3O2/c15-10-3-1-2-9(6-10)12-8-18-5-4-11(20-14(16)19)7-13(18)17-12/h1-3,6,8,11H,4-5,7H2,(H2,16,19). The molecule has 3 rings (SSSR count). The smallest absolute Gasteiger partial charge is 0.404 e. The van der Waals surface area contributed by atoms with Gasteiger partial charge in [-0.05, 0) is 12.1 Å². The zero-order chi connectivity index (χ0) is 14.1. The van der Waals surface area contributed by atoms with E-state index in [4.69, 9.17) is 10.5 Å². The van der Waals surface area contributed by atoms with Crippen molar-refractivity contribution in [2.45, 2.75) is 25.5 Å². The number of halogens is 1. The molecule has 0 saturated carbocycles. The molecule has 2 aromatic rings. The Morgan fingerprint density at radius 2 is 2.35 bits per heavy atom. The number of aromatic nitrogens is 2. The third-order valence-corrected chi connectivity index (χ3v) is 3.36. The van der Waals surface area contributed by atoms with Crippen LogP contribution in [0, 0.1) is 5.82 Å². The number of primary amides is 1. The van der Waals surface area contributed by atoms with Crippen LogP contribution in [0.4, 0.5) is 9.18 Å². The van der Waals surface area contributed by atoms with Crippen LogP contribution in [0.1, 0.15) is 12.2 Å². The van der Waals surface area contributed by atoms with Crippen molar-refractivity contribution in [3.8, 4) is 11.3 Å². The molecule has 20 heavy (non-hydrogen) atoms. The molecule has 2 heterocycles. The summed E-state index contributed by atoms with van der Waals surface area (Å²) < 4.78 is 20.2. The first-order chi connectivity index (χ1) is 9.61. The lowest BCUT2D eigenvalue weighted by atomic mass is 10.1. The minimum Gasteiger partial charge on any atom is -0.446 e. The summed E-state index contributed by atoms with van der Waals surface area (Å²) in [6.07, 6.45) is 2.13. The van der Waals surface area contributed by atoms with Gasteiger partial charge < -0.3 is 15.0 Å². The van der Waals surface area contributed by atoms with Crippen LogP contribution in [0.15, 0.2) is 30.5 Å². The molecule has 104 valence electrons. The van der Waals surface area contributed by atoms with Crippen LogP contribution in [-0.2, 0) is 17.7 Å². The van der Waals surface area contributed by atoms with E-state index < -0.39 is 6.09 Å². The summed E-state index contributed by atoms with van der Waals surface area (Å²) >= 11 is 0. The van der Waals surface area contributed by atoms with Crippen molar-refractivity contribution in [2.75, 3.05) is 0 Å². The molecule has 1 atom stereocenters. The Morgan fingerprint density at radius 1 is 1.50 bits per heavy atom. The molecule has 0 aliphatic carbocycles. The predicted octanol–water partition coefficient (Wildman–Crippen LogP) is 2.10.